The molecular weight excluding hydrogens is 504 g/mol. The Labute approximate surface area is 239 Å². The molecule has 0 nitrogen and oxygen atoms in total. The van der Waals surface area contributed by atoms with E-state index in [2.05, 4.69) is 121 Å². The molecule has 0 aliphatic heterocycles. The molecule has 0 amide bonds. The highest BCUT2D eigenvalue weighted by molar-refractivity contribution is 6.54. The van der Waals surface area contributed by atoms with Gasteiger partial charge < -0.3 is 0 Å². The van der Waals surface area contributed by atoms with Crippen LogP contribution in [0.1, 0.15) is 0 Å². The van der Waals surface area contributed by atoms with Gasteiger partial charge in [-0.2, -0.15) is 0 Å². The molecule has 0 bridgehead atoms. The van der Waals surface area contributed by atoms with Gasteiger partial charge in [0.15, 0.2) is 0 Å². The number of hydrogen-bond donors (Lipinski definition) is 0. The minimum Gasteiger partial charge on any atom is -0.0616 e. The van der Waals surface area contributed by atoms with Crippen molar-refractivity contribution in [2.45, 2.75) is 0 Å². The Kier molecular flexibility index (Phi) is 3.18. The smallest absolute Gasteiger partial charge is 0.0000926 e. The fraction of sp³-hybridized carbons (Fsp3) is 0. The van der Waals surface area contributed by atoms with Gasteiger partial charge in [-0.3, -0.25) is 0 Å². The molecule has 42 heavy (non-hydrogen) atoms. The quantitative estimate of drug-likeness (QED) is 0.137. The molecule has 0 aliphatic rings. The molecule has 188 valence electrons. The minimum atomic E-state index is 1.34. The Hall–Kier alpha value is -5.46. The van der Waals surface area contributed by atoms with Crippen molar-refractivity contribution in [3.8, 4) is 0 Å². The number of benzene rings is 12. The van der Waals surface area contributed by atoms with E-state index in [0.717, 1.165) is 0 Å². The molecule has 0 heteroatoms. The highest BCUT2D eigenvalue weighted by Crippen LogP contribution is 2.55. The van der Waals surface area contributed by atoms with Gasteiger partial charge >= 0.3 is 0 Å². The van der Waals surface area contributed by atoms with Crippen molar-refractivity contribution in [3.63, 3.8) is 0 Å². The van der Waals surface area contributed by atoms with E-state index >= 15 is 0 Å². The molecule has 0 spiro atoms. The van der Waals surface area contributed by atoms with Crippen molar-refractivity contribution >= 4 is 118 Å². The minimum absolute atomic E-state index is 1.34. The van der Waals surface area contributed by atoms with E-state index in [1.165, 1.54) is 118 Å². The first-order valence-corrected chi connectivity index (χ1v) is 14.9. The van der Waals surface area contributed by atoms with Gasteiger partial charge in [0.2, 0.25) is 0 Å². The highest BCUT2D eigenvalue weighted by atomic mass is 14.3. The van der Waals surface area contributed by atoms with E-state index < -0.39 is 0 Å². The lowest BCUT2D eigenvalue weighted by atomic mass is 9.77. The maximum atomic E-state index is 2.54. The van der Waals surface area contributed by atoms with Crippen molar-refractivity contribution in [2.75, 3.05) is 0 Å². The van der Waals surface area contributed by atoms with Crippen molar-refractivity contribution in [3.05, 3.63) is 121 Å². The summed E-state index contributed by atoms with van der Waals surface area (Å²) in [6, 6.07) is 46.3. The molecule has 0 saturated carbocycles. The molecule has 12 aromatic rings. The second-order valence-electron chi connectivity index (χ2n) is 12.3. The lowest BCUT2D eigenvalue weighted by Gasteiger charge is -2.25. The van der Waals surface area contributed by atoms with Crippen molar-refractivity contribution in [1.82, 2.24) is 0 Å². The van der Waals surface area contributed by atoms with Crippen molar-refractivity contribution < 1.29 is 0 Å². The summed E-state index contributed by atoms with van der Waals surface area (Å²) in [6.07, 6.45) is 0. The van der Waals surface area contributed by atoms with Crippen LogP contribution in [-0.2, 0) is 0 Å². The standard InChI is InChI=1S/C42H20/c1-2-9-22-21(8-1)25-13-6-17-30-34-20-33-24-11-4-3-10-23(24)26-12-5-14-27-28-15-7-16-29-32-19-18-31(22)38(36(25)30)39(32)41(34)42(37(28)29)40(33)35(26)27/h1-20H. The average Bonchev–Trinajstić information content (AvgIpc) is 3.06. The number of rotatable bonds is 0. The molecule has 0 N–H and O–H groups in total. The Morgan fingerprint density at radius 1 is 0.167 bits per heavy atom. The van der Waals surface area contributed by atoms with Gasteiger partial charge in [0.05, 0.1) is 0 Å². The third kappa shape index (κ3) is 2.00. The first kappa shape index (κ1) is 20.4. The monoisotopic (exact) mass is 524 g/mol. The molecule has 0 aromatic heterocycles. The molecule has 12 aromatic carbocycles. The topological polar surface area (TPSA) is 0 Å². The summed E-state index contributed by atoms with van der Waals surface area (Å²) in [7, 11) is 0. The summed E-state index contributed by atoms with van der Waals surface area (Å²) in [5, 5.41) is 30.4. The Balaban J connectivity index is 1.58. The van der Waals surface area contributed by atoms with E-state index in [1.807, 2.05) is 0 Å². The maximum Gasteiger partial charge on any atom is -0.0000926 e. The van der Waals surface area contributed by atoms with E-state index in [1.54, 1.807) is 0 Å². The number of hydrogen-bond acceptors (Lipinski definition) is 0. The molecule has 0 atom stereocenters. The SMILES string of the molecule is c1ccc2c(c1)c1cccc3c4cc5c6ccccc6c6cccc7c8cccc9c%10ccc2c(c13)c%10c4c(c89)c5c67. The molecule has 0 radical (unpaired) electrons. The van der Waals surface area contributed by atoms with E-state index in [4.69, 9.17) is 0 Å². The van der Waals surface area contributed by atoms with Crippen LogP contribution in [0, 0.1) is 0 Å². The molecule has 12 rings (SSSR count). The fourth-order valence-corrected chi connectivity index (χ4v) is 9.17. The Morgan fingerprint density at radius 3 is 0.952 bits per heavy atom. The Morgan fingerprint density at radius 2 is 0.429 bits per heavy atom. The molecule has 0 fully saturated rings. The van der Waals surface area contributed by atoms with Crippen LogP contribution in [0.25, 0.3) is 118 Å². The van der Waals surface area contributed by atoms with Gasteiger partial charge in [-0.05, 0) is 125 Å². The van der Waals surface area contributed by atoms with Crippen molar-refractivity contribution in [1.29, 1.82) is 0 Å². The zero-order valence-corrected chi connectivity index (χ0v) is 22.5. The van der Waals surface area contributed by atoms with Gasteiger partial charge in [-0.15, -0.1) is 0 Å². The predicted molar refractivity (Wildman–Crippen MR) is 184 cm³/mol. The van der Waals surface area contributed by atoms with Crippen LogP contribution in [0.5, 0.6) is 0 Å². The van der Waals surface area contributed by atoms with E-state index in [-0.39, 0.29) is 0 Å². The van der Waals surface area contributed by atoms with Gasteiger partial charge in [-0.25, -0.2) is 0 Å². The first-order chi connectivity index (χ1) is 20.9. The first-order valence-electron chi connectivity index (χ1n) is 14.9. The van der Waals surface area contributed by atoms with Crippen LogP contribution in [0.3, 0.4) is 0 Å². The van der Waals surface area contributed by atoms with Crippen LogP contribution in [0.4, 0.5) is 0 Å². The molecule has 0 unspecified atom stereocenters. The number of fused-ring (bicyclic) bond motifs is 9. The van der Waals surface area contributed by atoms with Crippen LogP contribution in [0.2, 0.25) is 0 Å². The second kappa shape index (κ2) is 6.54. The summed E-state index contributed by atoms with van der Waals surface area (Å²) >= 11 is 0. The zero-order chi connectivity index (χ0) is 26.8. The van der Waals surface area contributed by atoms with Gasteiger partial charge in [0.1, 0.15) is 0 Å². The fourth-order valence-electron chi connectivity index (χ4n) is 9.17. The van der Waals surface area contributed by atoms with Gasteiger partial charge in [-0.1, -0.05) is 115 Å². The van der Waals surface area contributed by atoms with Crippen LogP contribution in [0.15, 0.2) is 121 Å². The van der Waals surface area contributed by atoms with E-state index in [9.17, 15) is 0 Å². The van der Waals surface area contributed by atoms with Crippen LogP contribution < -0.4 is 0 Å². The van der Waals surface area contributed by atoms with Gasteiger partial charge in [0.25, 0.3) is 0 Å². The lowest BCUT2D eigenvalue weighted by Crippen LogP contribution is -1.97. The third-order valence-corrected chi connectivity index (χ3v) is 10.6. The van der Waals surface area contributed by atoms with Crippen LogP contribution >= 0.6 is 0 Å². The van der Waals surface area contributed by atoms with Crippen molar-refractivity contribution in [2.24, 2.45) is 0 Å². The third-order valence-electron chi connectivity index (χ3n) is 10.6. The summed E-state index contributed by atoms with van der Waals surface area (Å²) in [5.41, 5.74) is 0. The molecule has 0 heterocycles. The summed E-state index contributed by atoms with van der Waals surface area (Å²) < 4.78 is 0. The largest absolute Gasteiger partial charge is 0.0616 e. The normalized spacial score (nSPS) is 13.2. The lowest BCUT2D eigenvalue weighted by molar-refractivity contribution is 1.80. The summed E-state index contributed by atoms with van der Waals surface area (Å²) in [5.74, 6) is 0. The maximum absolute atomic E-state index is 2.54. The summed E-state index contributed by atoms with van der Waals surface area (Å²) in [6.45, 7) is 0. The molecular formula is C42H20. The predicted octanol–water partition coefficient (Wildman–Crippen LogP) is 12.1. The second-order valence-corrected chi connectivity index (χ2v) is 12.3. The molecule has 0 saturated heterocycles. The van der Waals surface area contributed by atoms with Crippen LogP contribution in [-0.4, -0.2) is 0 Å². The van der Waals surface area contributed by atoms with Gasteiger partial charge in [0, 0.05) is 0 Å². The zero-order valence-electron chi connectivity index (χ0n) is 22.5. The molecule has 0 aliphatic carbocycles. The Bertz CT molecular complexity index is 3100. The van der Waals surface area contributed by atoms with E-state index in [0.29, 0.717) is 0 Å². The highest BCUT2D eigenvalue weighted by Gasteiger charge is 2.26. The average molecular weight is 525 g/mol. The summed E-state index contributed by atoms with van der Waals surface area (Å²) in [4.78, 5) is 0.